The first kappa shape index (κ1) is 28.5. The zero-order chi connectivity index (χ0) is 26.5. The lowest BCUT2D eigenvalue weighted by Crippen LogP contribution is -2.41. The molecule has 2 aromatic carbocycles. The molecule has 2 unspecified atom stereocenters. The lowest BCUT2D eigenvalue weighted by Gasteiger charge is -2.27. The molecule has 3 amide bonds. The van der Waals surface area contributed by atoms with Gasteiger partial charge in [0, 0.05) is 7.11 Å². The van der Waals surface area contributed by atoms with Crippen LogP contribution >= 0.6 is 0 Å². The highest BCUT2D eigenvalue weighted by molar-refractivity contribution is 6.02. The number of hydrogen-bond donors (Lipinski definition) is 3. The monoisotopic (exact) mass is 496 g/mol. The number of methoxy groups -OCH3 is 1. The Morgan fingerprint density at radius 2 is 1.75 bits per heavy atom. The Balaban J connectivity index is 0.000000318. The number of imidazole rings is 1. The zero-order valence-corrected chi connectivity index (χ0v) is 21.5. The number of nitrogens with zero attached hydrogens (tertiary/aromatic N) is 2. The van der Waals surface area contributed by atoms with Gasteiger partial charge in [-0.2, -0.15) is 0 Å². The van der Waals surface area contributed by atoms with E-state index < -0.39 is 18.2 Å². The van der Waals surface area contributed by atoms with Gasteiger partial charge >= 0.3 is 6.03 Å². The normalized spacial score (nSPS) is 14.1. The zero-order valence-electron chi connectivity index (χ0n) is 21.5. The number of aryl methyl sites for hydroxylation is 1. The van der Waals surface area contributed by atoms with Crippen LogP contribution in [0.2, 0.25) is 0 Å². The Bertz CT molecular complexity index is 1050. The molecule has 0 spiro atoms. The van der Waals surface area contributed by atoms with Gasteiger partial charge in [0.2, 0.25) is 0 Å². The van der Waals surface area contributed by atoms with E-state index >= 15 is 0 Å². The number of aliphatic hydroxyl groups is 1. The molecule has 9 heteroatoms. The van der Waals surface area contributed by atoms with Crippen molar-refractivity contribution in [2.45, 2.75) is 39.8 Å². The molecule has 2 heterocycles. The van der Waals surface area contributed by atoms with Crippen molar-refractivity contribution >= 4 is 11.9 Å². The Morgan fingerprint density at radius 1 is 1.08 bits per heavy atom. The summed E-state index contributed by atoms with van der Waals surface area (Å²) in [7, 11) is 1.54. The molecule has 3 N–H and O–H groups in total. The van der Waals surface area contributed by atoms with E-state index in [0.29, 0.717) is 12.4 Å². The maximum atomic E-state index is 12.1. The molecule has 0 saturated carbocycles. The third-order valence-electron chi connectivity index (χ3n) is 5.31. The topological polar surface area (TPSA) is 117 Å². The average Bonchev–Trinajstić information content (AvgIpc) is 3.53. The summed E-state index contributed by atoms with van der Waals surface area (Å²) in [6.07, 6.45) is 1.31. The second-order valence-electron chi connectivity index (χ2n) is 7.74. The van der Waals surface area contributed by atoms with Crippen molar-refractivity contribution in [1.82, 2.24) is 20.2 Å². The van der Waals surface area contributed by atoms with Gasteiger partial charge < -0.3 is 24.9 Å². The second kappa shape index (κ2) is 14.7. The molecule has 0 bridgehead atoms. The van der Waals surface area contributed by atoms with Crippen molar-refractivity contribution in [3.63, 3.8) is 0 Å². The summed E-state index contributed by atoms with van der Waals surface area (Å²) >= 11 is 0. The minimum atomic E-state index is -0.607. The molecule has 0 aliphatic carbocycles. The molecule has 4 rings (SSSR count). The molecule has 3 aromatic rings. The number of aliphatic hydroxyl groups excluding tert-OH is 1. The van der Waals surface area contributed by atoms with E-state index in [9.17, 15) is 9.59 Å². The van der Waals surface area contributed by atoms with Crippen LogP contribution in [0.15, 0.2) is 60.8 Å². The first-order valence-electron chi connectivity index (χ1n) is 12.0. The number of amides is 3. The third-order valence-corrected chi connectivity index (χ3v) is 5.31. The van der Waals surface area contributed by atoms with Gasteiger partial charge in [-0.3, -0.25) is 4.79 Å². The average molecular weight is 497 g/mol. The van der Waals surface area contributed by atoms with Gasteiger partial charge in [-0.1, -0.05) is 61.9 Å². The molecule has 9 nitrogen and oxygen atoms in total. The van der Waals surface area contributed by atoms with E-state index in [2.05, 4.69) is 15.3 Å². The van der Waals surface area contributed by atoms with Gasteiger partial charge in [-0.25, -0.2) is 14.7 Å². The number of ether oxygens (including phenoxy) is 2. The van der Waals surface area contributed by atoms with Crippen molar-refractivity contribution in [2.24, 2.45) is 0 Å². The van der Waals surface area contributed by atoms with Crippen molar-refractivity contribution in [1.29, 1.82) is 0 Å². The van der Waals surface area contributed by atoms with Crippen molar-refractivity contribution in [2.75, 3.05) is 26.9 Å². The fourth-order valence-corrected chi connectivity index (χ4v) is 3.45. The number of nitrogens with one attached hydrogen (secondary N) is 2. The molecule has 1 aromatic heterocycles. The number of rotatable bonds is 8. The molecule has 194 valence electrons. The first-order valence-corrected chi connectivity index (χ1v) is 12.0. The molecule has 0 radical (unpaired) electrons. The number of carbonyl (C=O) groups is 2. The number of imide groups is 1. The van der Waals surface area contributed by atoms with Crippen LogP contribution in [0.25, 0.3) is 11.3 Å². The van der Waals surface area contributed by atoms with Crippen LogP contribution in [0.1, 0.15) is 38.2 Å². The number of carbonyl (C=O) groups excluding carboxylic acids is 2. The maximum Gasteiger partial charge on any atom is 0.325 e. The fraction of sp³-hybridized carbons (Fsp3) is 0.370. The summed E-state index contributed by atoms with van der Waals surface area (Å²) in [5, 5.41) is 10.9. The summed E-state index contributed by atoms with van der Waals surface area (Å²) in [6.45, 7) is 8.25. The summed E-state index contributed by atoms with van der Waals surface area (Å²) in [6, 6.07) is 16.4. The maximum absolute atomic E-state index is 12.1. The summed E-state index contributed by atoms with van der Waals surface area (Å²) in [4.78, 5) is 32.9. The Kier molecular flexibility index (Phi) is 11.6. The third kappa shape index (κ3) is 7.66. The van der Waals surface area contributed by atoms with Crippen LogP contribution in [0.4, 0.5) is 4.79 Å². The highest BCUT2D eigenvalue weighted by atomic mass is 16.5. The van der Waals surface area contributed by atoms with E-state index in [1.165, 1.54) is 10.5 Å². The van der Waals surface area contributed by atoms with Gasteiger partial charge in [-0.15, -0.1) is 0 Å². The number of hydrogen-bond acceptors (Lipinski definition) is 6. The minimum absolute atomic E-state index is 0.00268. The van der Waals surface area contributed by atoms with Gasteiger partial charge in [-0.05, 0) is 31.5 Å². The van der Waals surface area contributed by atoms with Crippen molar-refractivity contribution in [3.8, 4) is 17.0 Å². The van der Waals surface area contributed by atoms with E-state index in [1.54, 1.807) is 20.2 Å². The largest absolute Gasteiger partial charge is 0.491 e. The van der Waals surface area contributed by atoms with Crippen LogP contribution in [-0.4, -0.2) is 64.9 Å². The molecular weight excluding hydrogens is 460 g/mol. The first-order chi connectivity index (χ1) is 17.4. The smallest absolute Gasteiger partial charge is 0.325 e. The van der Waals surface area contributed by atoms with Crippen LogP contribution in [0, 0.1) is 6.92 Å². The summed E-state index contributed by atoms with van der Waals surface area (Å²) < 4.78 is 10.5. The van der Waals surface area contributed by atoms with E-state index in [4.69, 9.17) is 14.6 Å². The van der Waals surface area contributed by atoms with Gasteiger partial charge in [0.25, 0.3) is 5.91 Å². The Morgan fingerprint density at radius 3 is 2.31 bits per heavy atom. The lowest BCUT2D eigenvalue weighted by molar-refractivity contribution is -0.129. The quantitative estimate of drug-likeness (QED) is 0.404. The van der Waals surface area contributed by atoms with Gasteiger partial charge in [0.05, 0.1) is 31.1 Å². The second-order valence-corrected chi connectivity index (χ2v) is 7.74. The summed E-state index contributed by atoms with van der Waals surface area (Å²) in [5.74, 6) is 1.03. The molecule has 36 heavy (non-hydrogen) atoms. The van der Waals surface area contributed by atoms with E-state index in [-0.39, 0.29) is 19.1 Å². The number of aromatic amines is 1. The fourth-order valence-electron chi connectivity index (χ4n) is 3.45. The van der Waals surface area contributed by atoms with Gasteiger partial charge in [0.1, 0.15) is 24.2 Å². The molecular formula is C27H36N4O5. The summed E-state index contributed by atoms with van der Waals surface area (Å²) in [5.41, 5.74) is 2.98. The molecule has 1 fully saturated rings. The standard InChI is InChI=1S/C17H20N4O3.C8H10O2.C2H6/c1-10-4-6-12(7-5-10)13-8-18-16(20-13)15(11(2)24-3)21-14(22)9-19-17(21)23;9-6-7-10-8-4-2-1-3-5-8;1-2/h4-8,11,15H,9H2,1-3H3,(H,18,20)(H,19,23);1-5,9H,6-7H2;1-2H3. The van der Waals surface area contributed by atoms with Crippen LogP contribution < -0.4 is 10.1 Å². The SMILES string of the molecule is CC.COC(C)C(c1ncc(-c2ccc(C)cc2)[nH]1)N1C(=O)CNC1=O.OCCOc1ccccc1. The van der Waals surface area contributed by atoms with Crippen LogP contribution in [0.5, 0.6) is 5.75 Å². The Hall–Kier alpha value is -3.69. The number of urea groups is 1. The molecule has 1 aliphatic rings. The van der Waals surface area contributed by atoms with Crippen LogP contribution in [-0.2, 0) is 9.53 Å². The van der Waals surface area contributed by atoms with Gasteiger partial charge in [0.15, 0.2) is 0 Å². The number of H-pyrrole nitrogens is 1. The van der Waals surface area contributed by atoms with Crippen molar-refractivity contribution < 1.29 is 24.2 Å². The minimum Gasteiger partial charge on any atom is -0.491 e. The number of benzene rings is 2. The Labute approximate surface area is 212 Å². The highest BCUT2D eigenvalue weighted by Crippen LogP contribution is 2.28. The van der Waals surface area contributed by atoms with E-state index in [0.717, 1.165) is 17.0 Å². The highest BCUT2D eigenvalue weighted by Gasteiger charge is 2.40. The van der Waals surface area contributed by atoms with Crippen LogP contribution in [0.3, 0.4) is 0 Å². The predicted octanol–water partition coefficient (Wildman–Crippen LogP) is 4.10. The number of aromatic nitrogens is 2. The predicted molar refractivity (Wildman–Crippen MR) is 139 cm³/mol. The number of para-hydroxylation sites is 1. The van der Waals surface area contributed by atoms with Crippen molar-refractivity contribution in [3.05, 3.63) is 72.2 Å². The molecule has 1 aliphatic heterocycles. The lowest BCUT2D eigenvalue weighted by atomic mass is 10.1. The van der Waals surface area contributed by atoms with E-state index in [1.807, 2.05) is 75.4 Å². The molecule has 2 atom stereocenters. The molecule has 1 saturated heterocycles.